The fraction of sp³-hybridized carbons (Fsp3) is 0.611. The average Bonchev–Trinajstić information content (AvgIpc) is 3.19. The second kappa shape index (κ2) is 10.3. The minimum Gasteiger partial charge on any atom is -0.375 e. The molecule has 0 radical (unpaired) electrons. The van der Waals surface area contributed by atoms with E-state index in [1.165, 1.54) is 18.4 Å². The van der Waals surface area contributed by atoms with Crippen LogP contribution >= 0.6 is 11.3 Å². The van der Waals surface area contributed by atoms with Crippen LogP contribution in [0.2, 0.25) is 0 Å². The Hall–Kier alpha value is -1.93. The van der Waals surface area contributed by atoms with Gasteiger partial charge in [0.05, 0.1) is 4.88 Å². The van der Waals surface area contributed by atoms with Crippen LogP contribution in [-0.2, 0) is 14.3 Å². The van der Waals surface area contributed by atoms with Gasteiger partial charge >= 0.3 is 0 Å². The van der Waals surface area contributed by atoms with Crippen LogP contribution in [0.5, 0.6) is 0 Å². The van der Waals surface area contributed by atoms with Crippen LogP contribution in [0.4, 0.5) is 0 Å². The van der Waals surface area contributed by atoms with E-state index >= 15 is 0 Å². The van der Waals surface area contributed by atoms with Gasteiger partial charge in [0.25, 0.3) is 5.91 Å². The Morgan fingerprint density at radius 1 is 1.35 bits per heavy atom. The van der Waals surface area contributed by atoms with Gasteiger partial charge in [0, 0.05) is 26.7 Å². The molecule has 7 nitrogen and oxygen atoms in total. The number of rotatable bonds is 8. The molecule has 26 heavy (non-hydrogen) atoms. The van der Waals surface area contributed by atoms with Gasteiger partial charge in [0.1, 0.15) is 12.6 Å². The van der Waals surface area contributed by atoms with Crippen LogP contribution < -0.4 is 10.6 Å². The van der Waals surface area contributed by atoms with E-state index in [-0.39, 0.29) is 30.2 Å². The van der Waals surface area contributed by atoms with E-state index in [4.69, 9.17) is 4.74 Å². The zero-order chi connectivity index (χ0) is 18.9. The number of nitrogens with one attached hydrogen (secondary N) is 2. The summed E-state index contributed by atoms with van der Waals surface area (Å²) >= 11 is 1.35. The third kappa shape index (κ3) is 5.54. The lowest BCUT2D eigenvalue weighted by molar-refractivity contribution is -0.136. The number of ether oxygens (including phenoxy) is 1. The average molecular weight is 381 g/mol. The van der Waals surface area contributed by atoms with Gasteiger partial charge in [-0.2, -0.15) is 0 Å². The van der Waals surface area contributed by atoms with Crippen molar-refractivity contribution in [2.24, 2.45) is 5.92 Å². The minimum atomic E-state index is -0.587. The lowest BCUT2D eigenvalue weighted by Gasteiger charge is -2.35. The number of hydrogen-bond acceptors (Lipinski definition) is 5. The fourth-order valence-electron chi connectivity index (χ4n) is 3.07. The molecule has 144 valence electrons. The van der Waals surface area contributed by atoms with E-state index in [2.05, 4.69) is 10.6 Å². The van der Waals surface area contributed by atoms with Crippen molar-refractivity contribution in [2.45, 2.75) is 32.2 Å². The molecule has 3 amide bonds. The molecule has 1 fully saturated rings. The number of piperidine rings is 1. The highest BCUT2D eigenvalue weighted by molar-refractivity contribution is 7.12. The molecule has 0 aromatic carbocycles. The normalized spacial score (nSPS) is 16.2. The highest BCUT2D eigenvalue weighted by atomic mass is 32.1. The van der Waals surface area contributed by atoms with Gasteiger partial charge in [-0.15, -0.1) is 11.3 Å². The first-order chi connectivity index (χ1) is 12.6. The molecule has 0 bridgehead atoms. The first-order valence-electron chi connectivity index (χ1n) is 8.95. The van der Waals surface area contributed by atoms with Crippen LogP contribution in [0, 0.1) is 5.92 Å². The number of carbonyl (C=O) groups excluding carboxylic acids is 3. The molecule has 1 aromatic rings. The first-order valence-corrected chi connectivity index (χ1v) is 9.83. The Balaban J connectivity index is 2.01. The van der Waals surface area contributed by atoms with Crippen molar-refractivity contribution < 1.29 is 19.1 Å². The zero-order valence-corrected chi connectivity index (χ0v) is 16.1. The Morgan fingerprint density at radius 3 is 2.65 bits per heavy atom. The fourth-order valence-corrected chi connectivity index (χ4v) is 3.70. The van der Waals surface area contributed by atoms with Crippen molar-refractivity contribution in [1.29, 1.82) is 0 Å². The van der Waals surface area contributed by atoms with Crippen LogP contribution in [0.15, 0.2) is 17.5 Å². The van der Waals surface area contributed by atoms with E-state index in [1.54, 1.807) is 11.0 Å². The maximum Gasteiger partial charge on any atom is 0.262 e. The smallest absolute Gasteiger partial charge is 0.262 e. The molecule has 1 unspecified atom stereocenters. The Morgan fingerprint density at radius 2 is 2.08 bits per heavy atom. The van der Waals surface area contributed by atoms with Crippen molar-refractivity contribution in [2.75, 3.05) is 33.4 Å². The largest absolute Gasteiger partial charge is 0.375 e. The molecule has 1 aliphatic heterocycles. The molecule has 1 saturated heterocycles. The molecule has 1 atom stereocenters. The van der Waals surface area contributed by atoms with Crippen LogP contribution in [0.1, 0.15) is 35.9 Å². The number of carbonyl (C=O) groups is 3. The lowest BCUT2D eigenvalue weighted by Crippen LogP contribution is -2.54. The molecule has 1 aliphatic rings. The lowest BCUT2D eigenvalue weighted by atomic mass is 9.88. The maximum absolute atomic E-state index is 12.6. The van der Waals surface area contributed by atoms with Gasteiger partial charge in [-0.3, -0.25) is 14.4 Å². The second-order valence-corrected chi connectivity index (χ2v) is 7.32. The highest BCUT2D eigenvalue weighted by Crippen LogP contribution is 2.22. The number of methoxy groups -OCH3 is 1. The maximum atomic E-state index is 12.6. The summed E-state index contributed by atoms with van der Waals surface area (Å²) in [5, 5.41) is 7.62. The molecular formula is C18H27N3O4S. The Kier molecular flexibility index (Phi) is 8.06. The van der Waals surface area contributed by atoms with Crippen molar-refractivity contribution in [1.82, 2.24) is 15.5 Å². The van der Waals surface area contributed by atoms with E-state index in [9.17, 15) is 14.4 Å². The number of likely N-dealkylation sites (tertiary alicyclic amines) is 1. The summed E-state index contributed by atoms with van der Waals surface area (Å²) in [5.74, 6) is -0.420. The van der Waals surface area contributed by atoms with Crippen molar-refractivity contribution >= 4 is 29.1 Å². The summed E-state index contributed by atoms with van der Waals surface area (Å²) in [7, 11) is 1.50. The SMILES string of the molecule is CCCNC(=O)C(NC(=O)c1cccs1)C1CCN(C(=O)COC)CC1. The standard InChI is InChI=1S/C18H27N3O4S/c1-3-8-19-18(24)16(20-17(23)14-5-4-11-26-14)13-6-9-21(10-7-13)15(22)12-25-2/h4-5,11,13,16H,3,6-10,12H2,1-2H3,(H,19,24)(H,20,23). The summed E-state index contributed by atoms with van der Waals surface area (Å²) < 4.78 is 4.90. The Bertz CT molecular complexity index is 598. The van der Waals surface area contributed by atoms with Gasteiger partial charge < -0.3 is 20.3 Å². The van der Waals surface area contributed by atoms with Gasteiger partial charge in [-0.25, -0.2) is 0 Å². The van der Waals surface area contributed by atoms with E-state index in [1.807, 2.05) is 18.4 Å². The third-order valence-corrected chi connectivity index (χ3v) is 5.36. The van der Waals surface area contributed by atoms with Crippen LogP contribution in [0.3, 0.4) is 0 Å². The van der Waals surface area contributed by atoms with Gasteiger partial charge in [0.15, 0.2) is 0 Å². The van der Waals surface area contributed by atoms with E-state index in [0.29, 0.717) is 37.4 Å². The summed E-state index contributed by atoms with van der Waals surface area (Å²) in [6.07, 6.45) is 2.18. The number of nitrogens with zero attached hydrogens (tertiary/aromatic N) is 1. The van der Waals surface area contributed by atoms with E-state index < -0.39 is 6.04 Å². The molecule has 1 aromatic heterocycles. The van der Waals surface area contributed by atoms with Crippen LogP contribution in [0.25, 0.3) is 0 Å². The minimum absolute atomic E-state index is 0.00219. The molecule has 2 heterocycles. The monoisotopic (exact) mass is 381 g/mol. The highest BCUT2D eigenvalue weighted by Gasteiger charge is 2.33. The topological polar surface area (TPSA) is 87.7 Å². The molecule has 2 N–H and O–H groups in total. The number of hydrogen-bond donors (Lipinski definition) is 2. The predicted octanol–water partition coefficient (Wildman–Crippen LogP) is 1.26. The summed E-state index contributed by atoms with van der Waals surface area (Å²) in [6, 6.07) is 2.97. The van der Waals surface area contributed by atoms with Gasteiger partial charge in [0.2, 0.25) is 11.8 Å². The number of thiophene rings is 1. The molecule has 0 spiro atoms. The van der Waals surface area contributed by atoms with Gasteiger partial charge in [-0.05, 0) is 36.6 Å². The second-order valence-electron chi connectivity index (χ2n) is 6.37. The quantitative estimate of drug-likeness (QED) is 0.710. The van der Waals surface area contributed by atoms with Crippen molar-refractivity contribution in [3.63, 3.8) is 0 Å². The molecule has 8 heteroatoms. The molecule has 0 aliphatic carbocycles. The van der Waals surface area contributed by atoms with E-state index in [0.717, 1.165) is 6.42 Å². The molecule has 0 saturated carbocycles. The summed E-state index contributed by atoms with van der Waals surface area (Å²) in [4.78, 5) is 39.3. The van der Waals surface area contributed by atoms with Crippen molar-refractivity contribution in [3.8, 4) is 0 Å². The Labute approximate surface area is 158 Å². The number of amides is 3. The first kappa shape index (κ1) is 20.4. The predicted molar refractivity (Wildman–Crippen MR) is 100 cm³/mol. The summed E-state index contributed by atoms with van der Waals surface area (Å²) in [5.41, 5.74) is 0. The zero-order valence-electron chi connectivity index (χ0n) is 15.3. The third-order valence-electron chi connectivity index (χ3n) is 4.49. The van der Waals surface area contributed by atoms with Crippen LogP contribution in [-0.4, -0.2) is 62.0 Å². The molecular weight excluding hydrogens is 354 g/mol. The van der Waals surface area contributed by atoms with Gasteiger partial charge in [-0.1, -0.05) is 13.0 Å². The molecule has 2 rings (SSSR count). The summed E-state index contributed by atoms with van der Waals surface area (Å²) in [6.45, 7) is 3.77. The van der Waals surface area contributed by atoms with Crippen molar-refractivity contribution in [3.05, 3.63) is 22.4 Å².